The monoisotopic (exact) mass is 474 g/mol. The van der Waals surface area contributed by atoms with Crippen LogP contribution in [0.3, 0.4) is 0 Å². The number of rotatable bonds is 2. The summed E-state index contributed by atoms with van der Waals surface area (Å²) >= 11 is 11.9. The van der Waals surface area contributed by atoms with Crippen LogP contribution in [-0.4, -0.2) is 5.11 Å². The SMILES string of the molecule is OC(c1ccc2cc(Br)ccc2c1)c1cc(Br)c(Br)s1. The molecular formula is C15H9Br3OS. The molecule has 1 N–H and O–H groups in total. The molecule has 1 aromatic heterocycles. The number of benzene rings is 2. The highest BCUT2D eigenvalue weighted by atomic mass is 79.9. The normalized spacial score (nSPS) is 12.8. The van der Waals surface area contributed by atoms with Crippen molar-refractivity contribution in [3.8, 4) is 0 Å². The maximum absolute atomic E-state index is 10.5. The van der Waals surface area contributed by atoms with Gasteiger partial charge in [0.25, 0.3) is 0 Å². The van der Waals surface area contributed by atoms with Crippen molar-refractivity contribution in [2.75, 3.05) is 0 Å². The number of fused-ring (bicyclic) bond motifs is 1. The molecule has 0 saturated heterocycles. The molecule has 5 heteroatoms. The predicted molar refractivity (Wildman–Crippen MR) is 95.4 cm³/mol. The Bertz CT molecular complexity index is 762. The largest absolute Gasteiger partial charge is 0.383 e. The summed E-state index contributed by atoms with van der Waals surface area (Å²) in [5.74, 6) is 0. The lowest BCUT2D eigenvalue weighted by Gasteiger charge is -2.10. The molecule has 1 unspecified atom stereocenters. The van der Waals surface area contributed by atoms with E-state index < -0.39 is 6.10 Å². The van der Waals surface area contributed by atoms with Gasteiger partial charge in [-0.15, -0.1) is 11.3 Å². The van der Waals surface area contributed by atoms with Crippen molar-refractivity contribution in [3.05, 3.63) is 65.6 Å². The van der Waals surface area contributed by atoms with E-state index in [4.69, 9.17) is 0 Å². The first-order valence-electron chi connectivity index (χ1n) is 5.86. The summed E-state index contributed by atoms with van der Waals surface area (Å²) < 4.78 is 3.03. The molecule has 2 aromatic carbocycles. The zero-order chi connectivity index (χ0) is 14.3. The van der Waals surface area contributed by atoms with Crippen molar-refractivity contribution in [1.29, 1.82) is 0 Å². The van der Waals surface area contributed by atoms with Gasteiger partial charge in [0, 0.05) is 13.8 Å². The second-order valence-electron chi connectivity index (χ2n) is 4.42. The van der Waals surface area contributed by atoms with E-state index in [-0.39, 0.29) is 0 Å². The summed E-state index contributed by atoms with van der Waals surface area (Å²) in [5.41, 5.74) is 0.904. The van der Waals surface area contributed by atoms with E-state index in [1.807, 2.05) is 30.3 Å². The molecular weight excluding hydrogens is 468 g/mol. The molecule has 102 valence electrons. The molecule has 20 heavy (non-hydrogen) atoms. The highest BCUT2D eigenvalue weighted by molar-refractivity contribution is 9.13. The molecule has 0 aliphatic heterocycles. The van der Waals surface area contributed by atoms with Crippen LogP contribution in [0.2, 0.25) is 0 Å². The topological polar surface area (TPSA) is 20.2 Å². The number of aliphatic hydroxyl groups is 1. The fourth-order valence-corrected chi connectivity index (χ4v) is 4.55. The van der Waals surface area contributed by atoms with Crippen molar-refractivity contribution >= 4 is 69.9 Å². The summed E-state index contributed by atoms with van der Waals surface area (Å²) in [6.45, 7) is 0. The first-order valence-corrected chi connectivity index (χ1v) is 9.06. The summed E-state index contributed by atoms with van der Waals surface area (Å²) in [4.78, 5) is 0.917. The number of thiophene rings is 1. The fourth-order valence-electron chi connectivity index (χ4n) is 2.07. The molecule has 1 nitrogen and oxygen atoms in total. The Morgan fingerprint density at radius 3 is 2.30 bits per heavy atom. The molecule has 0 aliphatic rings. The second kappa shape index (κ2) is 5.89. The molecule has 0 bridgehead atoms. The highest BCUT2D eigenvalue weighted by Crippen LogP contribution is 2.38. The van der Waals surface area contributed by atoms with Gasteiger partial charge in [-0.3, -0.25) is 0 Å². The molecule has 3 aromatic rings. The summed E-state index contributed by atoms with van der Waals surface area (Å²) in [6, 6.07) is 14.1. The fraction of sp³-hybridized carbons (Fsp3) is 0.0667. The molecule has 0 fully saturated rings. The van der Waals surface area contributed by atoms with Crippen molar-refractivity contribution in [2.24, 2.45) is 0 Å². The third-order valence-corrected chi connectivity index (χ3v) is 6.88. The van der Waals surface area contributed by atoms with E-state index in [9.17, 15) is 5.11 Å². The standard InChI is InChI=1S/C15H9Br3OS/c16-11-4-3-8-5-10(2-1-9(8)6-11)14(19)13-7-12(17)15(18)20-13/h1-7,14,19H. The average Bonchev–Trinajstić information content (AvgIpc) is 2.77. The van der Waals surface area contributed by atoms with Crippen LogP contribution in [0.4, 0.5) is 0 Å². The number of halogens is 3. The van der Waals surface area contributed by atoms with Crippen LogP contribution in [-0.2, 0) is 0 Å². The zero-order valence-electron chi connectivity index (χ0n) is 10.1. The van der Waals surface area contributed by atoms with Gasteiger partial charge in [0.05, 0.1) is 3.79 Å². The van der Waals surface area contributed by atoms with Gasteiger partial charge in [0.15, 0.2) is 0 Å². The van der Waals surface area contributed by atoms with Crippen molar-refractivity contribution in [1.82, 2.24) is 0 Å². The molecule has 1 heterocycles. The quantitative estimate of drug-likeness (QED) is 0.462. The Labute approximate surface area is 146 Å². The van der Waals surface area contributed by atoms with E-state index in [0.29, 0.717) is 0 Å². The van der Waals surface area contributed by atoms with Gasteiger partial charge in [0.1, 0.15) is 6.10 Å². The molecule has 3 rings (SSSR count). The summed E-state index contributed by atoms with van der Waals surface area (Å²) in [6.07, 6.45) is -0.601. The van der Waals surface area contributed by atoms with E-state index in [1.165, 1.54) is 11.3 Å². The first kappa shape index (κ1) is 14.7. The predicted octanol–water partition coefficient (Wildman–Crippen LogP) is 6.27. The highest BCUT2D eigenvalue weighted by Gasteiger charge is 2.15. The van der Waals surface area contributed by atoms with Crippen LogP contribution in [0.1, 0.15) is 16.5 Å². The minimum absolute atomic E-state index is 0.601. The van der Waals surface area contributed by atoms with Crippen LogP contribution < -0.4 is 0 Å². The molecule has 1 atom stereocenters. The van der Waals surface area contributed by atoms with Crippen LogP contribution in [0.5, 0.6) is 0 Å². The zero-order valence-corrected chi connectivity index (χ0v) is 15.7. The second-order valence-corrected chi connectivity index (χ2v) is 8.60. The van der Waals surface area contributed by atoms with Crippen molar-refractivity contribution < 1.29 is 5.11 Å². The Kier molecular flexibility index (Phi) is 4.34. The Morgan fingerprint density at radius 2 is 1.60 bits per heavy atom. The van der Waals surface area contributed by atoms with E-state index in [0.717, 1.165) is 33.9 Å². The maximum Gasteiger partial charge on any atom is 0.113 e. The molecule has 0 saturated carbocycles. The third-order valence-electron chi connectivity index (χ3n) is 3.08. The Hall–Kier alpha value is -0.200. The lowest BCUT2D eigenvalue weighted by atomic mass is 10.0. The van der Waals surface area contributed by atoms with Crippen LogP contribution in [0.15, 0.2) is 55.2 Å². The van der Waals surface area contributed by atoms with Crippen LogP contribution in [0, 0.1) is 0 Å². The van der Waals surface area contributed by atoms with Gasteiger partial charge in [-0.2, -0.15) is 0 Å². The summed E-state index contributed by atoms with van der Waals surface area (Å²) in [7, 11) is 0. The minimum Gasteiger partial charge on any atom is -0.383 e. The lowest BCUT2D eigenvalue weighted by Crippen LogP contribution is -1.96. The smallest absolute Gasteiger partial charge is 0.113 e. The first-order chi connectivity index (χ1) is 9.54. The van der Waals surface area contributed by atoms with Crippen LogP contribution >= 0.6 is 59.1 Å². The average molecular weight is 477 g/mol. The minimum atomic E-state index is -0.601. The lowest BCUT2D eigenvalue weighted by molar-refractivity contribution is 0.224. The number of hydrogen-bond acceptors (Lipinski definition) is 2. The van der Waals surface area contributed by atoms with E-state index in [1.54, 1.807) is 0 Å². The van der Waals surface area contributed by atoms with E-state index >= 15 is 0 Å². The molecule has 0 spiro atoms. The summed E-state index contributed by atoms with van der Waals surface area (Å²) in [5, 5.41) is 12.8. The number of hydrogen-bond donors (Lipinski definition) is 1. The van der Waals surface area contributed by atoms with Gasteiger partial charge in [0.2, 0.25) is 0 Å². The third kappa shape index (κ3) is 2.88. The molecule has 0 amide bonds. The van der Waals surface area contributed by atoms with Gasteiger partial charge < -0.3 is 5.11 Å². The van der Waals surface area contributed by atoms with Gasteiger partial charge in [-0.05, 0) is 72.5 Å². The van der Waals surface area contributed by atoms with E-state index in [2.05, 4.69) is 59.9 Å². The van der Waals surface area contributed by atoms with Gasteiger partial charge in [-0.1, -0.05) is 34.1 Å². The van der Waals surface area contributed by atoms with Crippen molar-refractivity contribution in [2.45, 2.75) is 6.10 Å². The van der Waals surface area contributed by atoms with Gasteiger partial charge in [-0.25, -0.2) is 0 Å². The maximum atomic E-state index is 10.5. The van der Waals surface area contributed by atoms with Gasteiger partial charge >= 0.3 is 0 Å². The Balaban J connectivity index is 2.03. The molecule has 0 aliphatic carbocycles. The van der Waals surface area contributed by atoms with Crippen LogP contribution in [0.25, 0.3) is 10.8 Å². The Morgan fingerprint density at radius 1 is 0.900 bits per heavy atom. The van der Waals surface area contributed by atoms with Crippen molar-refractivity contribution in [3.63, 3.8) is 0 Å². The number of aliphatic hydroxyl groups excluding tert-OH is 1. The molecule has 0 radical (unpaired) electrons.